The number of benzene rings is 1. The molecule has 15 heavy (non-hydrogen) atoms. The van der Waals surface area contributed by atoms with Crippen LogP contribution < -0.4 is 5.32 Å². The van der Waals surface area contributed by atoms with E-state index < -0.39 is 0 Å². The minimum Gasteiger partial charge on any atom is -0.508 e. The number of amides is 2. The molecule has 0 aliphatic heterocycles. The summed E-state index contributed by atoms with van der Waals surface area (Å²) in [7, 11) is 0. The molecule has 0 spiro atoms. The van der Waals surface area contributed by atoms with Crippen molar-refractivity contribution in [2.45, 2.75) is 13.8 Å². The smallest absolute Gasteiger partial charge is 0.321 e. The molecule has 0 aromatic heterocycles. The molecule has 2 N–H and O–H groups in total. The summed E-state index contributed by atoms with van der Waals surface area (Å²) in [6.45, 7) is 5.22. The van der Waals surface area contributed by atoms with Gasteiger partial charge in [0.1, 0.15) is 5.75 Å². The third-order valence-electron chi connectivity index (χ3n) is 2.17. The van der Waals surface area contributed by atoms with E-state index in [0.29, 0.717) is 18.8 Å². The van der Waals surface area contributed by atoms with Crippen LogP contribution in [0.25, 0.3) is 0 Å². The number of phenolic OH excluding ortho intramolecular Hbond substituents is 1. The monoisotopic (exact) mass is 208 g/mol. The largest absolute Gasteiger partial charge is 0.508 e. The minimum atomic E-state index is -0.120. The van der Waals surface area contributed by atoms with Crippen LogP contribution in [0, 0.1) is 0 Å². The van der Waals surface area contributed by atoms with E-state index in [4.69, 9.17) is 5.11 Å². The molecular formula is C11H16N2O2. The highest BCUT2D eigenvalue weighted by Crippen LogP contribution is 2.14. The van der Waals surface area contributed by atoms with Gasteiger partial charge in [0.2, 0.25) is 0 Å². The second-order valence-corrected chi connectivity index (χ2v) is 3.15. The Labute approximate surface area is 89.5 Å². The zero-order valence-electron chi connectivity index (χ0n) is 9.03. The normalized spacial score (nSPS) is 9.73. The minimum absolute atomic E-state index is 0.120. The van der Waals surface area contributed by atoms with Crippen molar-refractivity contribution in [1.29, 1.82) is 0 Å². The van der Waals surface area contributed by atoms with Gasteiger partial charge in [-0.1, -0.05) is 0 Å². The molecule has 0 radical (unpaired) electrons. The molecule has 0 heterocycles. The molecule has 0 aliphatic rings. The Kier molecular flexibility index (Phi) is 3.97. The maximum absolute atomic E-state index is 11.6. The molecule has 0 unspecified atom stereocenters. The number of carbonyl (C=O) groups is 1. The molecule has 0 atom stereocenters. The predicted octanol–water partition coefficient (Wildman–Crippen LogP) is 2.27. The van der Waals surface area contributed by atoms with Crippen molar-refractivity contribution in [2.75, 3.05) is 18.4 Å². The van der Waals surface area contributed by atoms with Crippen LogP contribution in [0.4, 0.5) is 10.5 Å². The maximum Gasteiger partial charge on any atom is 0.321 e. The van der Waals surface area contributed by atoms with Gasteiger partial charge in [0.25, 0.3) is 0 Å². The molecule has 0 bridgehead atoms. The second-order valence-electron chi connectivity index (χ2n) is 3.15. The van der Waals surface area contributed by atoms with E-state index in [1.807, 2.05) is 13.8 Å². The Morgan fingerprint density at radius 3 is 2.27 bits per heavy atom. The van der Waals surface area contributed by atoms with Crippen LogP contribution >= 0.6 is 0 Å². The van der Waals surface area contributed by atoms with Gasteiger partial charge in [-0.05, 0) is 38.1 Å². The predicted molar refractivity (Wildman–Crippen MR) is 60.0 cm³/mol. The van der Waals surface area contributed by atoms with Crippen molar-refractivity contribution in [1.82, 2.24) is 4.90 Å². The van der Waals surface area contributed by atoms with Gasteiger partial charge in [-0.15, -0.1) is 0 Å². The fraction of sp³-hybridized carbons (Fsp3) is 0.364. The Morgan fingerprint density at radius 1 is 1.27 bits per heavy atom. The SMILES string of the molecule is CCN(CC)C(=O)Nc1ccc(O)cc1. The molecule has 1 rings (SSSR count). The average molecular weight is 208 g/mol. The summed E-state index contributed by atoms with van der Waals surface area (Å²) in [6, 6.07) is 6.29. The lowest BCUT2D eigenvalue weighted by Crippen LogP contribution is -2.34. The van der Waals surface area contributed by atoms with Crippen molar-refractivity contribution in [3.05, 3.63) is 24.3 Å². The summed E-state index contributed by atoms with van der Waals surface area (Å²) in [5.74, 6) is 0.191. The molecule has 0 aliphatic carbocycles. The first-order chi connectivity index (χ1) is 7.17. The molecule has 4 heteroatoms. The van der Waals surface area contributed by atoms with Crippen molar-refractivity contribution in [3.63, 3.8) is 0 Å². The third kappa shape index (κ3) is 3.16. The summed E-state index contributed by atoms with van der Waals surface area (Å²) < 4.78 is 0. The van der Waals surface area contributed by atoms with Crippen LogP contribution in [-0.4, -0.2) is 29.1 Å². The van der Waals surface area contributed by atoms with Crippen molar-refractivity contribution in [3.8, 4) is 5.75 Å². The van der Waals surface area contributed by atoms with E-state index in [0.717, 1.165) is 0 Å². The van der Waals surface area contributed by atoms with Gasteiger partial charge in [-0.2, -0.15) is 0 Å². The first kappa shape index (κ1) is 11.4. The topological polar surface area (TPSA) is 52.6 Å². The fourth-order valence-electron chi connectivity index (χ4n) is 1.26. The fourth-order valence-corrected chi connectivity index (χ4v) is 1.26. The zero-order chi connectivity index (χ0) is 11.3. The Morgan fingerprint density at radius 2 is 1.80 bits per heavy atom. The number of hydrogen-bond acceptors (Lipinski definition) is 2. The van der Waals surface area contributed by atoms with Crippen molar-refractivity contribution >= 4 is 11.7 Å². The summed E-state index contributed by atoms with van der Waals surface area (Å²) in [5.41, 5.74) is 0.685. The van der Waals surface area contributed by atoms with E-state index in [2.05, 4.69) is 5.32 Å². The lowest BCUT2D eigenvalue weighted by Gasteiger charge is -2.19. The van der Waals surface area contributed by atoms with E-state index in [1.165, 1.54) is 12.1 Å². The molecule has 4 nitrogen and oxygen atoms in total. The molecule has 2 amide bonds. The van der Waals surface area contributed by atoms with Gasteiger partial charge in [0, 0.05) is 18.8 Å². The molecule has 0 fully saturated rings. The van der Waals surface area contributed by atoms with E-state index >= 15 is 0 Å². The lowest BCUT2D eigenvalue weighted by molar-refractivity contribution is 0.217. The average Bonchev–Trinajstić information content (AvgIpc) is 2.23. The third-order valence-corrected chi connectivity index (χ3v) is 2.17. The number of nitrogens with one attached hydrogen (secondary N) is 1. The molecular weight excluding hydrogens is 192 g/mol. The van der Waals surface area contributed by atoms with E-state index in [1.54, 1.807) is 17.0 Å². The van der Waals surface area contributed by atoms with Crippen molar-refractivity contribution in [2.24, 2.45) is 0 Å². The highest BCUT2D eigenvalue weighted by atomic mass is 16.3. The van der Waals surface area contributed by atoms with Crippen LogP contribution in [0.1, 0.15) is 13.8 Å². The van der Waals surface area contributed by atoms with E-state index in [-0.39, 0.29) is 11.8 Å². The van der Waals surface area contributed by atoms with Gasteiger partial charge in [-0.25, -0.2) is 4.79 Å². The van der Waals surface area contributed by atoms with Gasteiger partial charge >= 0.3 is 6.03 Å². The number of carbonyl (C=O) groups excluding carboxylic acids is 1. The van der Waals surface area contributed by atoms with Crippen LogP contribution in [0.15, 0.2) is 24.3 Å². The number of rotatable bonds is 3. The van der Waals surface area contributed by atoms with Crippen LogP contribution in [0.2, 0.25) is 0 Å². The molecule has 0 saturated heterocycles. The van der Waals surface area contributed by atoms with E-state index in [9.17, 15) is 4.79 Å². The first-order valence-corrected chi connectivity index (χ1v) is 5.02. The second kappa shape index (κ2) is 5.24. The van der Waals surface area contributed by atoms with Crippen LogP contribution in [0.5, 0.6) is 5.75 Å². The highest BCUT2D eigenvalue weighted by Gasteiger charge is 2.08. The number of urea groups is 1. The number of phenols is 1. The number of aromatic hydroxyl groups is 1. The van der Waals surface area contributed by atoms with Gasteiger partial charge < -0.3 is 15.3 Å². The summed E-state index contributed by atoms with van der Waals surface area (Å²) in [4.78, 5) is 13.3. The first-order valence-electron chi connectivity index (χ1n) is 5.02. The quantitative estimate of drug-likeness (QED) is 0.749. The van der Waals surface area contributed by atoms with Crippen LogP contribution in [0.3, 0.4) is 0 Å². The van der Waals surface area contributed by atoms with Crippen LogP contribution in [-0.2, 0) is 0 Å². The van der Waals surface area contributed by atoms with Gasteiger partial charge in [0.15, 0.2) is 0 Å². The molecule has 82 valence electrons. The Bertz CT molecular complexity index is 318. The van der Waals surface area contributed by atoms with Gasteiger partial charge in [-0.3, -0.25) is 0 Å². The molecule has 0 saturated carbocycles. The van der Waals surface area contributed by atoms with Crippen molar-refractivity contribution < 1.29 is 9.90 Å². The Hall–Kier alpha value is -1.71. The summed E-state index contributed by atoms with van der Waals surface area (Å²) in [6.07, 6.45) is 0. The summed E-state index contributed by atoms with van der Waals surface area (Å²) >= 11 is 0. The number of nitrogens with zero attached hydrogens (tertiary/aromatic N) is 1. The number of anilines is 1. The standard InChI is InChI=1S/C11H16N2O2/c1-3-13(4-2)11(15)12-9-5-7-10(14)8-6-9/h5-8,14H,3-4H2,1-2H3,(H,12,15). The lowest BCUT2D eigenvalue weighted by atomic mass is 10.3. The Balaban J connectivity index is 2.61. The molecule has 1 aromatic rings. The van der Waals surface area contributed by atoms with Gasteiger partial charge in [0.05, 0.1) is 0 Å². The highest BCUT2D eigenvalue weighted by molar-refractivity contribution is 5.89. The maximum atomic E-state index is 11.6. The zero-order valence-corrected chi connectivity index (χ0v) is 9.03. The summed E-state index contributed by atoms with van der Waals surface area (Å²) in [5, 5.41) is 11.8. The number of hydrogen-bond donors (Lipinski definition) is 2. The molecule has 1 aromatic carbocycles.